The van der Waals surface area contributed by atoms with Crippen LogP contribution in [0.4, 0.5) is 0 Å². The van der Waals surface area contributed by atoms with Crippen molar-refractivity contribution in [2.24, 2.45) is 0 Å². The number of hydrogen-bond donors (Lipinski definition) is 2. The molecule has 0 radical (unpaired) electrons. The monoisotopic (exact) mass is 539 g/mol. The van der Waals surface area contributed by atoms with Crippen LogP contribution in [0.2, 0.25) is 5.02 Å². The first kappa shape index (κ1) is 29.0. The van der Waals surface area contributed by atoms with E-state index in [9.17, 15) is 8.42 Å². The molecule has 1 atom stereocenters. The molecule has 3 rings (SSSR count). The maximum absolute atomic E-state index is 12.9. The number of fused-ring (bicyclic) bond motifs is 1. The van der Waals surface area contributed by atoms with Crippen LogP contribution in [0.25, 0.3) is 0 Å². The van der Waals surface area contributed by atoms with Gasteiger partial charge in [0.25, 0.3) is 0 Å². The average molecular weight is 540 g/mol. The van der Waals surface area contributed by atoms with Gasteiger partial charge in [0, 0.05) is 37.1 Å². The van der Waals surface area contributed by atoms with Gasteiger partial charge in [0.2, 0.25) is 10.0 Å². The van der Waals surface area contributed by atoms with Crippen LogP contribution >= 0.6 is 11.6 Å². The van der Waals surface area contributed by atoms with E-state index < -0.39 is 10.0 Å². The summed E-state index contributed by atoms with van der Waals surface area (Å²) in [6.45, 7) is 7.49. The predicted molar refractivity (Wildman–Crippen MR) is 142 cm³/mol. The minimum Gasteiger partial charge on any atom is -0.378 e. The maximum atomic E-state index is 12.9. The van der Waals surface area contributed by atoms with E-state index in [1.807, 2.05) is 25.2 Å². The highest BCUT2D eigenvalue weighted by Gasteiger charge is 2.27. The standard InChI is InChI=1S/C26H38ClN3O5S/c1-20-15-22(27)17-24-25(20)18-30(3)19-26(24)21-5-4-6-23(16-21)36(31,32)29-8-10-34-12-14-35-13-11-33-9-7-28-2/h4-6,15-17,26,28-29H,7-14,18-19H2,1-3H3. The molecular weight excluding hydrogens is 502 g/mol. The summed E-state index contributed by atoms with van der Waals surface area (Å²) in [4.78, 5) is 2.50. The number of nitrogens with one attached hydrogen (secondary N) is 2. The topological polar surface area (TPSA) is 89.1 Å². The maximum Gasteiger partial charge on any atom is 0.240 e. The normalized spacial score (nSPS) is 16.3. The fourth-order valence-corrected chi connectivity index (χ4v) is 5.65. The molecule has 1 unspecified atom stereocenters. The highest BCUT2D eigenvalue weighted by atomic mass is 35.5. The molecule has 1 aliphatic heterocycles. The Hall–Kier alpha value is -1.56. The third kappa shape index (κ3) is 8.49. The first-order chi connectivity index (χ1) is 17.3. The number of likely N-dealkylation sites (N-methyl/N-ethyl adjacent to an activating group) is 2. The Bertz CT molecular complexity index is 1080. The van der Waals surface area contributed by atoms with Crippen LogP contribution in [0.5, 0.6) is 0 Å². The average Bonchev–Trinajstić information content (AvgIpc) is 2.85. The minimum atomic E-state index is -3.66. The molecule has 0 spiro atoms. The zero-order chi connectivity index (χ0) is 26.0. The molecule has 0 saturated heterocycles. The molecule has 0 aliphatic carbocycles. The zero-order valence-electron chi connectivity index (χ0n) is 21.4. The van der Waals surface area contributed by atoms with Gasteiger partial charge in [-0.3, -0.25) is 0 Å². The van der Waals surface area contributed by atoms with Crippen LogP contribution in [0.3, 0.4) is 0 Å². The number of hydrogen-bond acceptors (Lipinski definition) is 7. The summed E-state index contributed by atoms with van der Waals surface area (Å²) in [5.74, 6) is 0.0448. The van der Waals surface area contributed by atoms with Crippen molar-refractivity contribution in [3.05, 3.63) is 63.7 Å². The lowest BCUT2D eigenvalue weighted by molar-refractivity contribution is 0.0164. The highest BCUT2D eigenvalue weighted by Crippen LogP contribution is 2.37. The number of benzene rings is 2. The van der Waals surface area contributed by atoms with Crippen molar-refractivity contribution in [3.63, 3.8) is 0 Å². The molecule has 0 fully saturated rings. The second kappa shape index (κ2) is 14.4. The van der Waals surface area contributed by atoms with Crippen LogP contribution in [-0.4, -0.2) is 86.7 Å². The van der Waals surface area contributed by atoms with Gasteiger partial charge in [-0.1, -0.05) is 23.7 Å². The lowest BCUT2D eigenvalue weighted by atomic mass is 9.83. The Morgan fingerprint density at radius 2 is 1.67 bits per heavy atom. The van der Waals surface area contributed by atoms with E-state index in [-0.39, 0.29) is 24.0 Å². The molecule has 2 aromatic rings. The Balaban J connectivity index is 1.50. The second-order valence-corrected chi connectivity index (χ2v) is 11.2. The van der Waals surface area contributed by atoms with Gasteiger partial charge in [0.15, 0.2) is 0 Å². The largest absolute Gasteiger partial charge is 0.378 e. The lowest BCUT2D eigenvalue weighted by Crippen LogP contribution is -2.32. The summed E-state index contributed by atoms with van der Waals surface area (Å²) in [6, 6.07) is 11.2. The van der Waals surface area contributed by atoms with E-state index in [2.05, 4.69) is 28.9 Å². The fourth-order valence-electron chi connectivity index (χ4n) is 4.30. The molecule has 0 aromatic heterocycles. The van der Waals surface area contributed by atoms with Gasteiger partial charge >= 0.3 is 0 Å². The van der Waals surface area contributed by atoms with Crippen molar-refractivity contribution >= 4 is 21.6 Å². The van der Waals surface area contributed by atoms with Crippen molar-refractivity contribution in [3.8, 4) is 0 Å². The molecule has 2 aromatic carbocycles. The van der Waals surface area contributed by atoms with Gasteiger partial charge < -0.3 is 24.4 Å². The van der Waals surface area contributed by atoms with Crippen molar-refractivity contribution in [2.75, 3.05) is 73.4 Å². The zero-order valence-corrected chi connectivity index (χ0v) is 23.0. The number of sulfonamides is 1. The summed E-state index contributed by atoms with van der Waals surface area (Å²) in [5.41, 5.74) is 4.53. The van der Waals surface area contributed by atoms with Crippen molar-refractivity contribution in [2.45, 2.75) is 24.3 Å². The molecule has 0 bridgehead atoms. The quantitative estimate of drug-likeness (QED) is 0.336. The van der Waals surface area contributed by atoms with Gasteiger partial charge in [0.05, 0.1) is 44.5 Å². The van der Waals surface area contributed by atoms with E-state index in [0.29, 0.717) is 38.1 Å². The van der Waals surface area contributed by atoms with Crippen LogP contribution < -0.4 is 10.0 Å². The van der Waals surface area contributed by atoms with Crippen molar-refractivity contribution in [1.82, 2.24) is 14.9 Å². The predicted octanol–water partition coefficient (Wildman–Crippen LogP) is 2.77. The van der Waals surface area contributed by atoms with Gasteiger partial charge in [-0.05, 0) is 67.5 Å². The van der Waals surface area contributed by atoms with Crippen molar-refractivity contribution < 1.29 is 22.6 Å². The number of halogens is 1. The summed E-state index contributed by atoms with van der Waals surface area (Å²) < 4.78 is 44.8. The second-order valence-electron chi connectivity index (χ2n) is 8.95. The molecule has 36 heavy (non-hydrogen) atoms. The summed E-state index contributed by atoms with van der Waals surface area (Å²) >= 11 is 6.37. The fraction of sp³-hybridized carbons (Fsp3) is 0.538. The summed E-state index contributed by atoms with van der Waals surface area (Å²) in [7, 11) is 0.292. The lowest BCUT2D eigenvalue weighted by Gasteiger charge is -2.34. The number of rotatable bonds is 15. The van der Waals surface area contributed by atoms with Crippen LogP contribution in [0, 0.1) is 6.92 Å². The highest BCUT2D eigenvalue weighted by molar-refractivity contribution is 7.89. The van der Waals surface area contributed by atoms with Crippen LogP contribution in [-0.2, 0) is 30.8 Å². The molecule has 2 N–H and O–H groups in total. The summed E-state index contributed by atoms with van der Waals surface area (Å²) in [5, 5.41) is 3.71. The first-order valence-corrected chi connectivity index (χ1v) is 14.1. The van der Waals surface area contributed by atoms with Crippen LogP contribution in [0.1, 0.15) is 28.2 Å². The van der Waals surface area contributed by atoms with E-state index in [1.165, 1.54) is 11.1 Å². The molecule has 10 heteroatoms. The first-order valence-electron chi connectivity index (χ1n) is 12.3. The SMILES string of the molecule is CNCCOCCOCCOCCNS(=O)(=O)c1cccc(C2CN(C)Cc3c(C)cc(Cl)cc32)c1. The Labute approximate surface area is 220 Å². The molecule has 0 saturated carbocycles. The molecule has 0 amide bonds. The molecule has 1 aliphatic rings. The van der Waals surface area contributed by atoms with Gasteiger partial charge in [-0.2, -0.15) is 0 Å². The Morgan fingerprint density at radius 1 is 1.00 bits per heavy atom. The molecular formula is C26H38ClN3O5S. The third-order valence-electron chi connectivity index (χ3n) is 6.12. The smallest absolute Gasteiger partial charge is 0.240 e. The van der Waals surface area contributed by atoms with Crippen molar-refractivity contribution in [1.29, 1.82) is 0 Å². The third-order valence-corrected chi connectivity index (χ3v) is 7.80. The molecule has 1 heterocycles. The summed E-state index contributed by atoms with van der Waals surface area (Å²) in [6.07, 6.45) is 0. The number of aryl methyl sites for hydroxylation is 1. The van der Waals surface area contributed by atoms with Crippen LogP contribution in [0.15, 0.2) is 41.3 Å². The Kier molecular flexibility index (Phi) is 11.6. The van der Waals surface area contributed by atoms with Gasteiger partial charge in [-0.15, -0.1) is 0 Å². The molecule has 200 valence electrons. The van der Waals surface area contributed by atoms with E-state index in [0.717, 1.165) is 30.8 Å². The Morgan fingerprint density at radius 3 is 2.36 bits per heavy atom. The minimum absolute atomic E-state index is 0.0448. The van der Waals surface area contributed by atoms with Gasteiger partial charge in [-0.25, -0.2) is 13.1 Å². The van der Waals surface area contributed by atoms with E-state index in [1.54, 1.807) is 18.2 Å². The van der Waals surface area contributed by atoms with E-state index in [4.69, 9.17) is 25.8 Å². The van der Waals surface area contributed by atoms with E-state index >= 15 is 0 Å². The number of nitrogens with zero attached hydrogens (tertiary/aromatic N) is 1. The van der Waals surface area contributed by atoms with Gasteiger partial charge in [0.1, 0.15) is 0 Å². The number of ether oxygens (including phenoxy) is 3. The molecule has 8 nitrogen and oxygen atoms in total.